The van der Waals surface area contributed by atoms with Crippen molar-refractivity contribution in [1.29, 1.82) is 0 Å². The lowest BCUT2D eigenvalue weighted by atomic mass is 9.99. The van der Waals surface area contributed by atoms with Crippen LogP contribution in [0.2, 0.25) is 0 Å². The number of amides is 1. The molecule has 0 bridgehead atoms. The fourth-order valence-electron chi connectivity index (χ4n) is 3.09. The van der Waals surface area contributed by atoms with E-state index in [1.807, 2.05) is 23.1 Å². The SMILES string of the molecule is Cl.Cl.O=C(C[C@@](O)(NCc1cccc(I)c1)c1ccncc1)N1CCCC1. The molecule has 2 aromatic rings. The number of nitrogens with zero attached hydrogens (tertiary/aromatic N) is 2. The third-order valence-electron chi connectivity index (χ3n) is 4.50. The molecule has 5 nitrogen and oxygen atoms in total. The maximum atomic E-state index is 12.6. The number of hydrogen-bond donors (Lipinski definition) is 2. The normalized spacial score (nSPS) is 15.4. The van der Waals surface area contributed by atoms with E-state index in [4.69, 9.17) is 0 Å². The minimum Gasteiger partial charge on any atom is -0.371 e. The van der Waals surface area contributed by atoms with Gasteiger partial charge in [-0.1, -0.05) is 12.1 Å². The lowest BCUT2D eigenvalue weighted by Crippen LogP contribution is -2.46. The molecular formula is C19H24Cl2IN3O2. The van der Waals surface area contributed by atoms with Gasteiger partial charge in [0, 0.05) is 41.2 Å². The van der Waals surface area contributed by atoms with Crippen molar-refractivity contribution in [3.05, 3.63) is 63.5 Å². The molecular weight excluding hydrogens is 500 g/mol. The second-order valence-electron chi connectivity index (χ2n) is 6.34. The molecule has 148 valence electrons. The number of carbonyl (C=O) groups excluding carboxylic acids is 1. The summed E-state index contributed by atoms with van der Waals surface area (Å²) >= 11 is 2.26. The number of nitrogens with one attached hydrogen (secondary N) is 1. The van der Waals surface area contributed by atoms with Crippen molar-refractivity contribution >= 4 is 53.3 Å². The van der Waals surface area contributed by atoms with Gasteiger partial charge in [0.15, 0.2) is 5.72 Å². The maximum absolute atomic E-state index is 12.6. The molecule has 2 N–H and O–H groups in total. The smallest absolute Gasteiger partial charge is 0.227 e. The van der Waals surface area contributed by atoms with Crippen LogP contribution in [0.1, 0.15) is 30.4 Å². The van der Waals surface area contributed by atoms with Crippen LogP contribution in [0.4, 0.5) is 0 Å². The lowest BCUT2D eigenvalue weighted by molar-refractivity contribution is -0.137. The molecule has 1 aromatic carbocycles. The summed E-state index contributed by atoms with van der Waals surface area (Å²) in [5.74, 6) is -0.0213. The summed E-state index contributed by atoms with van der Waals surface area (Å²) in [4.78, 5) is 18.5. The Labute approximate surface area is 185 Å². The van der Waals surface area contributed by atoms with Gasteiger partial charge in [0.25, 0.3) is 0 Å². The first-order valence-corrected chi connectivity index (χ1v) is 9.55. The van der Waals surface area contributed by atoms with Crippen molar-refractivity contribution in [2.45, 2.75) is 31.5 Å². The highest BCUT2D eigenvalue weighted by molar-refractivity contribution is 14.1. The molecule has 3 rings (SSSR count). The minimum absolute atomic E-state index is 0. The zero-order chi connectivity index (χ0) is 17.7. The van der Waals surface area contributed by atoms with E-state index in [2.05, 4.69) is 39.0 Å². The van der Waals surface area contributed by atoms with Crippen LogP contribution in [0.25, 0.3) is 0 Å². The Kier molecular flexibility index (Phi) is 9.97. The van der Waals surface area contributed by atoms with Gasteiger partial charge in [-0.05, 0) is 65.3 Å². The molecule has 1 saturated heterocycles. The van der Waals surface area contributed by atoms with Gasteiger partial charge >= 0.3 is 0 Å². The first kappa shape index (κ1) is 24.1. The number of aromatic nitrogens is 1. The van der Waals surface area contributed by atoms with Crippen LogP contribution < -0.4 is 5.32 Å². The summed E-state index contributed by atoms with van der Waals surface area (Å²) in [6.45, 7) is 2.03. The molecule has 0 saturated carbocycles. The van der Waals surface area contributed by atoms with Crippen molar-refractivity contribution in [2.75, 3.05) is 13.1 Å². The highest BCUT2D eigenvalue weighted by atomic mass is 127. The molecule has 1 amide bonds. The highest BCUT2D eigenvalue weighted by Gasteiger charge is 2.34. The van der Waals surface area contributed by atoms with E-state index in [-0.39, 0.29) is 37.1 Å². The molecule has 1 fully saturated rings. The summed E-state index contributed by atoms with van der Waals surface area (Å²) in [6, 6.07) is 11.6. The van der Waals surface area contributed by atoms with Gasteiger partial charge in [0.05, 0.1) is 6.42 Å². The van der Waals surface area contributed by atoms with Crippen LogP contribution in [-0.2, 0) is 17.1 Å². The number of rotatable bonds is 6. The summed E-state index contributed by atoms with van der Waals surface area (Å²) < 4.78 is 1.14. The molecule has 2 heterocycles. The summed E-state index contributed by atoms with van der Waals surface area (Å²) in [6.07, 6.45) is 5.35. The molecule has 0 spiro atoms. The van der Waals surface area contributed by atoms with E-state index < -0.39 is 5.72 Å². The Morgan fingerprint density at radius 2 is 1.85 bits per heavy atom. The molecule has 8 heteroatoms. The van der Waals surface area contributed by atoms with Gasteiger partial charge in [-0.25, -0.2) is 0 Å². The standard InChI is InChI=1S/C19H22IN3O2.2ClH/c20-17-5-3-4-15(12-17)14-22-19(25,16-6-8-21-9-7-16)13-18(24)23-10-1-2-11-23;;/h3-9,12,22,25H,1-2,10-11,13-14H2;2*1H/t19-;;/m0../s1. The average molecular weight is 524 g/mol. The Balaban J connectivity index is 0.00000182. The monoisotopic (exact) mass is 523 g/mol. The number of likely N-dealkylation sites (tertiary alicyclic amines) is 1. The minimum atomic E-state index is -1.41. The van der Waals surface area contributed by atoms with Crippen molar-refractivity contribution < 1.29 is 9.90 Å². The van der Waals surface area contributed by atoms with Crippen molar-refractivity contribution in [3.63, 3.8) is 0 Å². The van der Waals surface area contributed by atoms with E-state index in [1.54, 1.807) is 24.5 Å². The maximum Gasteiger partial charge on any atom is 0.227 e. The number of benzene rings is 1. The first-order chi connectivity index (χ1) is 12.1. The Morgan fingerprint density at radius 3 is 2.48 bits per heavy atom. The number of carbonyl (C=O) groups is 1. The van der Waals surface area contributed by atoms with Crippen LogP contribution in [0.3, 0.4) is 0 Å². The molecule has 0 aliphatic carbocycles. The van der Waals surface area contributed by atoms with Crippen LogP contribution >= 0.6 is 47.4 Å². The zero-order valence-electron chi connectivity index (χ0n) is 14.8. The summed E-state index contributed by atoms with van der Waals surface area (Å²) in [5, 5.41) is 14.4. The highest BCUT2D eigenvalue weighted by Crippen LogP contribution is 2.25. The van der Waals surface area contributed by atoms with E-state index >= 15 is 0 Å². The first-order valence-electron chi connectivity index (χ1n) is 8.47. The zero-order valence-corrected chi connectivity index (χ0v) is 18.6. The van der Waals surface area contributed by atoms with Gasteiger partial charge in [0.2, 0.25) is 5.91 Å². The second kappa shape index (κ2) is 11.2. The van der Waals surface area contributed by atoms with Crippen molar-refractivity contribution in [2.24, 2.45) is 0 Å². The van der Waals surface area contributed by atoms with E-state index in [0.717, 1.165) is 35.1 Å². The van der Waals surface area contributed by atoms with E-state index in [1.165, 1.54) is 0 Å². The quantitative estimate of drug-likeness (QED) is 0.449. The van der Waals surface area contributed by atoms with Gasteiger partial charge in [-0.3, -0.25) is 15.1 Å². The predicted octanol–water partition coefficient (Wildman–Crippen LogP) is 3.48. The van der Waals surface area contributed by atoms with Crippen molar-refractivity contribution in [1.82, 2.24) is 15.2 Å². The number of hydrogen-bond acceptors (Lipinski definition) is 4. The molecule has 1 aliphatic heterocycles. The summed E-state index contributed by atoms with van der Waals surface area (Å²) in [7, 11) is 0. The molecule has 0 radical (unpaired) electrons. The van der Waals surface area contributed by atoms with Crippen molar-refractivity contribution in [3.8, 4) is 0 Å². The molecule has 1 atom stereocenters. The van der Waals surface area contributed by atoms with Crippen LogP contribution in [-0.4, -0.2) is 34.0 Å². The molecule has 0 unspecified atom stereocenters. The Morgan fingerprint density at radius 1 is 1.19 bits per heavy atom. The Bertz CT molecular complexity index is 730. The van der Waals surface area contributed by atoms with Crippen LogP contribution in [0.15, 0.2) is 48.8 Å². The third kappa shape index (κ3) is 6.57. The van der Waals surface area contributed by atoms with Gasteiger partial charge < -0.3 is 10.0 Å². The second-order valence-corrected chi connectivity index (χ2v) is 7.59. The fourth-order valence-corrected chi connectivity index (χ4v) is 3.69. The van der Waals surface area contributed by atoms with Gasteiger partial charge in [-0.2, -0.15) is 0 Å². The summed E-state index contributed by atoms with van der Waals surface area (Å²) in [5.41, 5.74) is 0.304. The average Bonchev–Trinajstić information content (AvgIpc) is 3.16. The van der Waals surface area contributed by atoms with Gasteiger partial charge in [-0.15, -0.1) is 24.8 Å². The predicted molar refractivity (Wildman–Crippen MR) is 119 cm³/mol. The lowest BCUT2D eigenvalue weighted by Gasteiger charge is -2.31. The van der Waals surface area contributed by atoms with Crippen LogP contribution in [0, 0.1) is 3.57 Å². The van der Waals surface area contributed by atoms with E-state index in [9.17, 15) is 9.90 Å². The van der Waals surface area contributed by atoms with E-state index in [0.29, 0.717) is 12.1 Å². The molecule has 27 heavy (non-hydrogen) atoms. The molecule has 1 aliphatic rings. The third-order valence-corrected chi connectivity index (χ3v) is 5.17. The number of aliphatic hydroxyl groups is 1. The van der Waals surface area contributed by atoms with Crippen LogP contribution in [0.5, 0.6) is 0 Å². The topological polar surface area (TPSA) is 65.5 Å². The number of pyridine rings is 1. The fraction of sp³-hybridized carbons (Fsp3) is 0.368. The number of halogens is 3. The molecule has 1 aromatic heterocycles. The van der Waals surface area contributed by atoms with Gasteiger partial charge in [0.1, 0.15) is 0 Å². The Hall–Kier alpha value is -0.930. The largest absolute Gasteiger partial charge is 0.371 e.